The molecule has 0 bridgehead atoms. The minimum absolute atomic E-state index is 0.0819. The van der Waals surface area contributed by atoms with Crippen LogP contribution in [0.5, 0.6) is 5.75 Å². The van der Waals surface area contributed by atoms with Gasteiger partial charge in [-0.2, -0.15) is 0 Å². The molecule has 1 aliphatic rings. The smallest absolute Gasteiger partial charge is 0.255 e. The Bertz CT molecular complexity index is 1040. The highest BCUT2D eigenvalue weighted by Gasteiger charge is 2.19. The van der Waals surface area contributed by atoms with E-state index in [2.05, 4.69) is 10.6 Å². The number of benzene rings is 1. The topological polar surface area (TPSA) is 110 Å². The van der Waals surface area contributed by atoms with Crippen molar-refractivity contribution in [2.24, 2.45) is 0 Å². The first-order valence-corrected chi connectivity index (χ1v) is 10.7. The third-order valence-electron chi connectivity index (χ3n) is 4.91. The number of halogens is 1. The van der Waals surface area contributed by atoms with Crippen LogP contribution < -0.4 is 20.9 Å². The van der Waals surface area contributed by atoms with Gasteiger partial charge in [0.2, 0.25) is 11.8 Å². The van der Waals surface area contributed by atoms with Gasteiger partial charge in [-0.05, 0) is 30.7 Å². The van der Waals surface area contributed by atoms with E-state index in [4.69, 9.17) is 16.3 Å². The van der Waals surface area contributed by atoms with Crippen LogP contribution in [0.15, 0.2) is 47.4 Å². The van der Waals surface area contributed by atoms with Crippen molar-refractivity contribution in [3.05, 3.63) is 63.5 Å². The van der Waals surface area contributed by atoms with Gasteiger partial charge in [0.05, 0.1) is 18.7 Å². The zero-order valence-electron chi connectivity index (χ0n) is 17.5. The number of aromatic nitrogens is 1. The van der Waals surface area contributed by atoms with E-state index in [1.807, 2.05) is 0 Å². The number of carbonyl (C=O) groups is 3. The van der Waals surface area contributed by atoms with Crippen LogP contribution in [0.4, 0.5) is 0 Å². The van der Waals surface area contributed by atoms with Crippen LogP contribution in [-0.2, 0) is 16.1 Å². The van der Waals surface area contributed by atoms with Gasteiger partial charge in [-0.15, -0.1) is 0 Å². The van der Waals surface area contributed by atoms with E-state index < -0.39 is 0 Å². The summed E-state index contributed by atoms with van der Waals surface area (Å²) >= 11 is 6.01. The predicted octanol–water partition coefficient (Wildman–Crippen LogP) is 1.05. The second-order valence-corrected chi connectivity index (χ2v) is 7.68. The highest BCUT2D eigenvalue weighted by atomic mass is 35.5. The number of rotatable bonds is 3. The Labute approximate surface area is 190 Å². The summed E-state index contributed by atoms with van der Waals surface area (Å²) in [6, 6.07) is 9.55. The fraction of sp³-hybridized carbons (Fsp3) is 0.364. The van der Waals surface area contributed by atoms with Gasteiger partial charge in [0.25, 0.3) is 11.5 Å². The van der Waals surface area contributed by atoms with Crippen LogP contribution in [0.25, 0.3) is 0 Å². The van der Waals surface area contributed by atoms with Crippen LogP contribution in [0.3, 0.4) is 0 Å². The molecule has 3 amide bonds. The van der Waals surface area contributed by atoms with Crippen molar-refractivity contribution in [2.75, 3.05) is 32.8 Å². The molecule has 0 spiro atoms. The number of amides is 3. The molecule has 0 saturated carbocycles. The summed E-state index contributed by atoms with van der Waals surface area (Å²) in [6.07, 6.45) is 2.15. The van der Waals surface area contributed by atoms with Crippen molar-refractivity contribution >= 4 is 29.3 Å². The van der Waals surface area contributed by atoms with Crippen molar-refractivity contribution in [1.29, 1.82) is 0 Å². The lowest BCUT2D eigenvalue weighted by Gasteiger charge is -2.23. The number of hydrogen-bond donors (Lipinski definition) is 2. The van der Waals surface area contributed by atoms with Gasteiger partial charge in [0.1, 0.15) is 12.4 Å². The van der Waals surface area contributed by atoms with Crippen LogP contribution in [0.2, 0.25) is 5.02 Å². The van der Waals surface area contributed by atoms with Gasteiger partial charge in [-0.25, -0.2) is 0 Å². The van der Waals surface area contributed by atoms with E-state index in [0.717, 1.165) is 0 Å². The summed E-state index contributed by atoms with van der Waals surface area (Å²) in [5.41, 5.74) is 0.115. The molecule has 0 unspecified atom stereocenters. The van der Waals surface area contributed by atoms with Gasteiger partial charge < -0.3 is 24.8 Å². The fourth-order valence-corrected chi connectivity index (χ4v) is 3.44. The molecule has 32 heavy (non-hydrogen) atoms. The fourth-order valence-electron chi connectivity index (χ4n) is 3.26. The molecule has 170 valence electrons. The first-order valence-electron chi connectivity index (χ1n) is 10.3. The number of nitrogens with one attached hydrogen (secondary N) is 2. The average molecular weight is 461 g/mol. The quantitative estimate of drug-likeness (QED) is 0.711. The first-order chi connectivity index (χ1) is 15.4. The summed E-state index contributed by atoms with van der Waals surface area (Å²) in [5, 5.41) is 5.92. The van der Waals surface area contributed by atoms with Gasteiger partial charge in [-0.3, -0.25) is 19.2 Å². The van der Waals surface area contributed by atoms with Crippen molar-refractivity contribution in [1.82, 2.24) is 20.1 Å². The monoisotopic (exact) mass is 460 g/mol. The summed E-state index contributed by atoms with van der Waals surface area (Å²) in [7, 11) is 0. The average Bonchev–Trinajstić information content (AvgIpc) is 2.78. The highest BCUT2D eigenvalue weighted by molar-refractivity contribution is 6.31. The maximum atomic E-state index is 12.7. The molecule has 0 atom stereocenters. The number of ether oxygens (including phenoxy) is 1. The molecule has 0 fully saturated rings. The maximum Gasteiger partial charge on any atom is 0.255 e. The Morgan fingerprint density at radius 3 is 2.75 bits per heavy atom. The second-order valence-electron chi connectivity index (χ2n) is 7.25. The molecule has 0 saturated heterocycles. The van der Waals surface area contributed by atoms with E-state index >= 15 is 0 Å². The van der Waals surface area contributed by atoms with Crippen molar-refractivity contribution < 1.29 is 19.1 Å². The van der Waals surface area contributed by atoms with Crippen LogP contribution in [-0.4, -0.2) is 60.0 Å². The van der Waals surface area contributed by atoms with Crippen LogP contribution >= 0.6 is 11.6 Å². The number of hydrogen-bond acceptors (Lipinski definition) is 5. The SMILES string of the molecule is O=C1CN(C(=O)CCn2ccccc2=O)CCCNC(=O)c2cc(Cl)ccc2OCCN1. The Morgan fingerprint density at radius 2 is 1.94 bits per heavy atom. The molecule has 2 N–H and O–H groups in total. The number of pyridine rings is 1. The van der Waals surface area contributed by atoms with Gasteiger partial charge in [0, 0.05) is 43.3 Å². The van der Waals surface area contributed by atoms with Crippen molar-refractivity contribution in [2.45, 2.75) is 19.4 Å². The maximum absolute atomic E-state index is 12.7. The van der Waals surface area contributed by atoms with E-state index in [0.29, 0.717) is 29.3 Å². The second kappa shape index (κ2) is 11.3. The van der Waals surface area contributed by atoms with Crippen molar-refractivity contribution in [3.8, 4) is 5.75 Å². The molecule has 2 heterocycles. The van der Waals surface area contributed by atoms with E-state index in [9.17, 15) is 19.2 Å². The first kappa shape index (κ1) is 23.3. The van der Waals surface area contributed by atoms with Crippen molar-refractivity contribution in [3.63, 3.8) is 0 Å². The van der Waals surface area contributed by atoms with E-state index in [1.165, 1.54) is 21.6 Å². The molecule has 3 rings (SSSR count). The van der Waals surface area contributed by atoms with Gasteiger partial charge in [-0.1, -0.05) is 17.7 Å². The summed E-state index contributed by atoms with van der Waals surface area (Å²) < 4.78 is 7.08. The third-order valence-corrected chi connectivity index (χ3v) is 5.15. The summed E-state index contributed by atoms with van der Waals surface area (Å²) in [4.78, 5) is 50.9. The summed E-state index contributed by atoms with van der Waals surface area (Å²) in [6.45, 7) is 1.06. The molecule has 0 radical (unpaired) electrons. The highest BCUT2D eigenvalue weighted by Crippen LogP contribution is 2.23. The predicted molar refractivity (Wildman–Crippen MR) is 119 cm³/mol. The molecule has 1 aromatic carbocycles. The standard InChI is InChI=1S/C22H25ClN4O5/c23-16-5-6-18-17(14-16)22(31)25-8-3-11-27(15-19(28)24-9-13-32-18)21(30)7-12-26-10-2-1-4-20(26)29/h1-2,4-6,10,14H,3,7-9,11-13,15H2,(H,24,28)(H,25,31). The lowest BCUT2D eigenvalue weighted by atomic mass is 10.2. The van der Waals surface area contributed by atoms with Crippen LogP contribution in [0.1, 0.15) is 23.2 Å². The third kappa shape index (κ3) is 6.58. The molecule has 9 nitrogen and oxygen atoms in total. The lowest BCUT2D eigenvalue weighted by Crippen LogP contribution is -2.43. The molecular formula is C22H25ClN4O5. The largest absolute Gasteiger partial charge is 0.491 e. The Hall–Kier alpha value is -3.33. The summed E-state index contributed by atoms with van der Waals surface area (Å²) in [5.74, 6) is -0.505. The minimum Gasteiger partial charge on any atom is -0.491 e. The number of nitrogens with zero attached hydrogens (tertiary/aromatic N) is 2. The Balaban J connectivity index is 1.65. The molecule has 1 aliphatic heterocycles. The molecule has 1 aromatic heterocycles. The Kier molecular flexibility index (Phi) is 8.27. The number of carbonyl (C=O) groups excluding carboxylic acids is 3. The number of fused-ring (bicyclic) bond motifs is 1. The van der Waals surface area contributed by atoms with E-state index in [1.54, 1.807) is 30.5 Å². The molecule has 10 heteroatoms. The number of aryl methyl sites for hydroxylation is 1. The molecule has 0 aliphatic carbocycles. The van der Waals surface area contributed by atoms with Gasteiger partial charge in [0.15, 0.2) is 0 Å². The van der Waals surface area contributed by atoms with Gasteiger partial charge >= 0.3 is 0 Å². The zero-order valence-corrected chi connectivity index (χ0v) is 18.3. The minimum atomic E-state index is -0.329. The normalized spacial score (nSPS) is 15.6. The molecule has 2 aromatic rings. The van der Waals surface area contributed by atoms with E-state index in [-0.39, 0.29) is 62.5 Å². The lowest BCUT2D eigenvalue weighted by molar-refractivity contribution is -0.136. The molecular weight excluding hydrogens is 436 g/mol. The Morgan fingerprint density at radius 1 is 1.09 bits per heavy atom. The van der Waals surface area contributed by atoms with Crippen LogP contribution in [0, 0.1) is 0 Å². The zero-order chi connectivity index (χ0) is 22.9.